The fourth-order valence-corrected chi connectivity index (χ4v) is 7.99. The van der Waals surface area contributed by atoms with Crippen LogP contribution < -0.4 is 0 Å². The van der Waals surface area contributed by atoms with Gasteiger partial charge in [-0.3, -0.25) is 0 Å². The summed E-state index contributed by atoms with van der Waals surface area (Å²) < 4.78 is 0. The Balaban J connectivity index is 1.56. The lowest BCUT2D eigenvalue weighted by atomic mass is 9.47. The molecular weight excluding hydrogens is 352 g/mol. The molecule has 1 nitrogen and oxygen atoms in total. The van der Waals surface area contributed by atoms with Crippen molar-refractivity contribution in [2.45, 2.75) is 99.0 Å². The van der Waals surface area contributed by atoms with E-state index >= 15 is 0 Å². The molecule has 8 atom stereocenters. The van der Waals surface area contributed by atoms with Gasteiger partial charge in [0, 0.05) is 0 Å². The van der Waals surface area contributed by atoms with Crippen LogP contribution in [0.15, 0.2) is 34.9 Å². The van der Waals surface area contributed by atoms with E-state index in [-0.39, 0.29) is 6.10 Å². The van der Waals surface area contributed by atoms with Gasteiger partial charge >= 0.3 is 0 Å². The Kier molecular flexibility index (Phi) is 5.69. The fourth-order valence-electron chi connectivity index (χ4n) is 7.99. The van der Waals surface area contributed by atoms with Gasteiger partial charge in [0.15, 0.2) is 0 Å². The number of fused-ring (bicyclic) bond motifs is 5. The zero-order valence-corrected chi connectivity index (χ0v) is 19.8. The van der Waals surface area contributed by atoms with Crippen LogP contribution in [0.5, 0.6) is 0 Å². The van der Waals surface area contributed by atoms with Crippen molar-refractivity contribution in [3.63, 3.8) is 0 Å². The maximum Gasteiger partial charge on any atom is 0.0543 e. The van der Waals surface area contributed by atoms with Crippen molar-refractivity contribution in [1.82, 2.24) is 0 Å². The van der Waals surface area contributed by atoms with Crippen LogP contribution in [0.3, 0.4) is 0 Å². The molecule has 0 bridgehead atoms. The van der Waals surface area contributed by atoms with E-state index in [0.29, 0.717) is 22.7 Å². The number of allylic oxidation sites excluding steroid dienone is 6. The van der Waals surface area contributed by atoms with E-state index in [9.17, 15) is 5.11 Å². The fraction of sp³-hybridized carbons (Fsp3) is 0.786. The lowest BCUT2D eigenvalue weighted by Crippen LogP contribution is -2.49. The standard InChI is InChI=1S/C28H44O/c1-18(2)19(3)7-8-20(4)24-11-12-25-23-10-9-21-17-22(29)13-15-27(21,5)26(23)14-16-28(24,25)6/h7-8,10,20-22,24-26,29H,9,11-17H2,1-6H3/b8-7+/t20-,21+,22+,24-,25+,26+,27+,28+/m1/s1. The van der Waals surface area contributed by atoms with E-state index < -0.39 is 0 Å². The Morgan fingerprint density at radius 3 is 2.45 bits per heavy atom. The molecular formula is C28H44O. The van der Waals surface area contributed by atoms with Crippen molar-refractivity contribution in [3.8, 4) is 0 Å². The van der Waals surface area contributed by atoms with E-state index in [4.69, 9.17) is 0 Å². The highest BCUT2D eigenvalue weighted by Gasteiger charge is 2.57. The monoisotopic (exact) mass is 396 g/mol. The molecule has 0 aromatic rings. The Bertz CT molecular complexity index is 723. The van der Waals surface area contributed by atoms with Crippen LogP contribution in [-0.4, -0.2) is 11.2 Å². The second-order valence-corrected chi connectivity index (χ2v) is 11.8. The zero-order chi connectivity index (χ0) is 21.0. The predicted octanol–water partition coefficient (Wildman–Crippen LogP) is 7.47. The minimum absolute atomic E-state index is 0.0513. The summed E-state index contributed by atoms with van der Waals surface area (Å²) in [5.74, 6) is 3.76. The highest BCUT2D eigenvalue weighted by Crippen LogP contribution is 2.66. The van der Waals surface area contributed by atoms with Crippen molar-refractivity contribution in [1.29, 1.82) is 0 Å². The van der Waals surface area contributed by atoms with E-state index in [0.717, 1.165) is 30.6 Å². The summed E-state index contributed by atoms with van der Waals surface area (Å²) >= 11 is 0. The second kappa shape index (κ2) is 7.70. The lowest BCUT2D eigenvalue weighted by molar-refractivity contribution is -0.0414. The minimum atomic E-state index is -0.0513. The van der Waals surface area contributed by atoms with Crippen LogP contribution in [0.2, 0.25) is 0 Å². The molecule has 1 N–H and O–H groups in total. The summed E-state index contributed by atoms with van der Waals surface area (Å²) in [6.45, 7) is 14.3. The van der Waals surface area contributed by atoms with Crippen LogP contribution >= 0.6 is 0 Å². The maximum absolute atomic E-state index is 10.2. The van der Waals surface area contributed by atoms with Gasteiger partial charge in [-0.05, 0) is 113 Å². The van der Waals surface area contributed by atoms with Crippen LogP contribution in [0.1, 0.15) is 92.9 Å². The van der Waals surface area contributed by atoms with E-state index in [1.165, 1.54) is 49.7 Å². The first-order valence-corrected chi connectivity index (χ1v) is 12.4. The Labute approximate surface area is 179 Å². The van der Waals surface area contributed by atoms with Crippen molar-refractivity contribution >= 4 is 0 Å². The largest absolute Gasteiger partial charge is 0.393 e. The molecule has 3 fully saturated rings. The van der Waals surface area contributed by atoms with Crippen molar-refractivity contribution < 1.29 is 5.11 Å². The van der Waals surface area contributed by atoms with E-state index in [1.54, 1.807) is 0 Å². The summed E-state index contributed by atoms with van der Waals surface area (Å²) in [6, 6.07) is 0. The molecule has 4 aliphatic carbocycles. The minimum Gasteiger partial charge on any atom is -0.393 e. The molecule has 0 amide bonds. The second-order valence-electron chi connectivity index (χ2n) is 11.8. The summed E-state index contributed by atoms with van der Waals surface area (Å²) in [7, 11) is 0. The van der Waals surface area contributed by atoms with Crippen molar-refractivity contribution in [2.75, 3.05) is 0 Å². The zero-order valence-electron chi connectivity index (χ0n) is 19.8. The Morgan fingerprint density at radius 2 is 1.72 bits per heavy atom. The van der Waals surface area contributed by atoms with Crippen molar-refractivity contribution in [3.05, 3.63) is 34.9 Å². The Hall–Kier alpha value is -0.820. The first kappa shape index (κ1) is 21.4. The molecule has 0 aromatic heterocycles. The van der Waals surface area contributed by atoms with Gasteiger partial charge in [-0.15, -0.1) is 0 Å². The quantitative estimate of drug-likeness (QED) is 0.387. The van der Waals surface area contributed by atoms with Crippen LogP contribution in [0, 0.1) is 40.4 Å². The van der Waals surface area contributed by atoms with Gasteiger partial charge in [-0.25, -0.2) is 0 Å². The molecule has 29 heavy (non-hydrogen) atoms. The average Bonchev–Trinajstić information content (AvgIpc) is 3.03. The highest BCUT2D eigenvalue weighted by atomic mass is 16.3. The van der Waals surface area contributed by atoms with E-state index in [1.807, 2.05) is 5.57 Å². The van der Waals surface area contributed by atoms with Crippen molar-refractivity contribution in [2.24, 2.45) is 40.4 Å². The lowest BCUT2D eigenvalue weighted by Gasteiger charge is -2.57. The van der Waals surface area contributed by atoms with Gasteiger partial charge in [0.1, 0.15) is 0 Å². The third-order valence-corrected chi connectivity index (χ3v) is 10.2. The van der Waals surface area contributed by atoms with Crippen LogP contribution in [0.4, 0.5) is 0 Å². The summed E-state index contributed by atoms with van der Waals surface area (Å²) in [6.07, 6.45) is 17.5. The molecule has 0 saturated heterocycles. The third kappa shape index (κ3) is 3.50. The van der Waals surface area contributed by atoms with Gasteiger partial charge < -0.3 is 5.11 Å². The smallest absolute Gasteiger partial charge is 0.0543 e. The SMILES string of the molecule is CC(C)=C(C)/C=C/[C@@H](C)[C@H]1CC[C@H]2C3=CC[C@H]4C[C@@H](O)CC[C@]4(C)[C@H]3CC[C@@]12C. The molecule has 3 saturated carbocycles. The van der Waals surface area contributed by atoms with Crippen LogP contribution in [0.25, 0.3) is 0 Å². The average molecular weight is 397 g/mol. The van der Waals surface area contributed by atoms with Gasteiger partial charge in [0.2, 0.25) is 0 Å². The number of rotatable bonds is 3. The molecule has 0 spiro atoms. The van der Waals surface area contributed by atoms with E-state index in [2.05, 4.69) is 59.8 Å². The molecule has 1 heteroatoms. The molecule has 0 heterocycles. The number of aliphatic hydroxyl groups excluding tert-OH is 1. The molecule has 4 aliphatic rings. The normalized spacial score (nSPS) is 45.2. The molecule has 0 aromatic carbocycles. The summed E-state index contributed by atoms with van der Waals surface area (Å²) in [5.41, 5.74) is 5.61. The highest BCUT2D eigenvalue weighted by molar-refractivity contribution is 5.28. The molecule has 162 valence electrons. The van der Waals surface area contributed by atoms with Gasteiger partial charge in [0.25, 0.3) is 0 Å². The summed E-state index contributed by atoms with van der Waals surface area (Å²) in [5, 5.41) is 10.2. The first-order valence-electron chi connectivity index (χ1n) is 12.4. The number of aliphatic hydroxyl groups is 1. The van der Waals surface area contributed by atoms with Crippen LogP contribution in [-0.2, 0) is 0 Å². The molecule has 0 unspecified atom stereocenters. The summed E-state index contributed by atoms with van der Waals surface area (Å²) in [4.78, 5) is 0. The molecule has 0 radical (unpaired) electrons. The number of hydrogen-bond donors (Lipinski definition) is 1. The first-order chi connectivity index (χ1) is 13.7. The van der Waals surface area contributed by atoms with Gasteiger partial charge in [0.05, 0.1) is 6.10 Å². The molecule has 4 rings (SSSR count). The number of hydrogen-bond acceptors (Lipinski definition) is 1. The maximum atomic E-state index is 10.2. The van der Waals surface area contributed by atoms with Gasteiger partial charge in [-0.1, -0.05) is 55.7 Å². The topological polar surface area (TPSA) is 20.2 Å². The molecule has 0 aliphatic heterocycles. The Morgan fingerprint density at radius 1 is 1.03 bits per heavy atom. The predicted molar refractivity (Wildman–Crippen MR) is 124 cm³/mol. The van der Waals surface area contributed by atoms with Gasteiger partial charge in [-0.2, -0.15) is 0 Å². The third-order valence-electron chi connectivity index (χ3n) is 10.2.